The van der Waals surface area contributed by atoms with E-state index in [4.69, 9.17) is 11.6 Å². The zero-order chi connectivity index (χ0) is 15.6. The number of nitrogens with one attached hydrogen (secondary N) is 1. The molecule has 1 atom stereocenters. The molecule has 0 aliphatic heterocycles. The van der Waals surface area contributed by atoms with Crippen molar-refractivity contribution < 1.29 is 14.4 Å². The Hall–Kier alpha value is -2.34. The first-order valence-corrected chi connectivity index (χ1v) is 6.45. The summed E-state index contributed by atoms with van der Waals surface area (Å²) in [6.07, 6.45) is 0. The van der Waals surface area contributed by atoms with E-state index in [1.165, 1.54) is 30.3 Å². The van der Waals surface area contributed by atoms with Crippen LogP contribution in [0.15, 0.2) is 36.4 Å². The molecular formula is C14H12ClFN2O3. The van der Waals surface area contributed by atoms with Crippen molar-refractivity contribution >= 4 is 23.0 Å². The second kappa shape index (κ2) is 5.97. The Morgan fingerprint density at radius 3 is 2.67 bits per heavy atom. The van der Waals surface area contributed by atoms with E-state index in [-0.39, 0.29) is 11.4 Å². The number of non-ortho nitro benzene ring substituents is 1. The Labute approximate surface area is 125 Å². The summed E-state index contributed by atoms with van der Waals surface area (Å²) in [5.41, 5.74) is 0.543. The maximum Gasteiger partial charge on any atom is 0.271 e. The zero-order valence-electron chi connectivity index (χ0n) is 11.0. The van der Waals surface area contributed by atoms with E-state index in [0.29, 0.717) is 16.3 Å². The number of phenolic OH excluding ortho intramolecular Hbond substituents is 1. The average Bonchev–Trinajstić information content (AvgIpc) is 2.40. The van der Waals surface area contributed by atoms with E-state index in [0.717, 1.165) is 6.07 Å². The van der Waals surface area contributed by atoms with Gasteiger partial charge in [-0.25, -0.2) is 4.39 Å². The maximum atomic E-state index is 13.8. The van der Waals surface area contributed by atoms with E-state index in [2.05, 4.69) is 5.32 Å². The van der Waals surface area contributed by atoms with E-state index >= 15 is 0 Å². The summed E-state index contributed by atoms with van der Waals surface area (Å²) in [6, 6.07) is 7.31. The van der Waals surface area contributed by atoms with Crippen LogP contribution in [-0.4, -0.2) is 10.0 Å². The number of nitrogens with zero attached hydrogens (tertiary/aromatic N) is 1. The molecule has 5 nitrogen and oxygen atoms in total. The Balaban J connectivity index is 2.28. The van der Waals surface area contributed by atoms with Crippen LogP contribution in [0.3, 0.4) is 0 Å². The largest absolute Gasteiger partial charge is 0.508 e. The molecule has 0 saturated heterocycles. The molecule has 0 aliphatic rings. The molecule has 2 N–H and O–H groups in total. The lowest BCUT2D eigenvalue weighted by molar-refractivity contribution is -0.384. The Morgan fingerprint density at radius 1 is 1.33 bits per heavy atom. The van der Waals surface area contributed by atoms with Crippen LogP contribution in [0.5, 0.6) is 5.75 Å². The van der Waals surface area contributed by atoms with Crippen LogP contribution in [0.25, 0.3) is 0 Å². The topological polar surface area (TPSA) is 75.4 Å². The van der Waals surface area contributed by atoms with Crippen molar-refractivity contribution in [3.63, 3.8) is 0 Å². The lowest BCUT2D eigenvalue weighted by Gasteiger charge is -2.17. The van der Waals surface area contributed by atoms with Crippen molar-refractivity contribution in [2.45, 2.75) is 13.0 Å². The van der Waals surface area contributed by atoms with Crippen molar-refractivity contribution in [1.29, 1.82) is 0 Å². The summed E-state index contributed by atoms with van der Waals surface area (Å²) in [4.78, 5) is 10.2. The highest BCUT2D eigenvalue weighted by atomic mass is 35.5. The average molecular weight is 311 g/mol. The molecule has 2 rings (SSSR count). The van der Waals surface area contributed by atoms with Crippen LogP contribution in [0.1, 0.15) is 18.5 Å². The number of halogens is 2. The second-order valence-corrected chi connectivity index (χ2v) is 4.90. The van der Waals surface area contributed by atoms with Crippen LogP contribution in [0.4, 0.5) is 15.8 Å². The quantitative estimate of drug-likeness (QED) is 0.653. The summed E-state index contributed by atoms with van der Waals surface area (Å²) < 4.78 is 13.8. The first-order chi connectivity index (χ1) is 9.88. The third-order valence-corrected chi connectivity index (χ3v) is 3.31. The van der Waals surface area contributed by atoms with Crippen molar-refractivity contribution in [2.75, 3.05) is 5.32 Å². The fraction of sp³-hybridized carbons (Fsp3) is 0.143. The van der Waals surface area contributed by atoms with E-state index in [9.17, 15) is 19.6 Å². The summed E-state index contributed by atoms with van der Waals surface area (Å²) >= 11 is 5.98. The van der Waals surface area contributed by atoms with Gasteiger partial charge in [-0.1, -0.05) is 17.7 Å². The standard InChI is InChI=1S/C14H12ClFN2O3/c1-8(11-4-3-10(19)7-13(11)16)17-14-6-9(18(20)21)2-5-12(14)15/h2-8,17,19H,1H3. The molecule has 2 aromatic carbocycles. The Morgan fingerprint density at radius 2 is 2.05 bits per heavy atom. The molecule has 0 saturated carbocycles. The molecule has 110 valence electrons. The van der Waals surface area contributed by atoms with Gasteiger partial charge in [0.25, 0.3) is 5.69 Å². The fourth-order valence-electron chi connectivity index (χ4n) is 1.92. The number of anilines is 1. The van der Waals surface area contributed by atoms with Gasteiger partial charge in [0, 0.05) is 23.8 Å². The molecule has 0 spiro atoms. The van der Waals surface area contributed by atoms with Gasteiger partial charge in [-0.2, -0.15) is 0 Å². The number of hydrogen-bond acceptors (Lipinski definition) is 4. The molecule has 0 bridgehead atoms. The van der Waals surface area contributed by atoms with Crippen LogP contribution in [0, 0.1) is 15.9 Å². The van der Waals surface area contributed by atoms with Crippen LogP contribution < -0.4 is 5.32 Å². The lowest BCUT2D eigenvalue weighted by atomic mass is 10.1. The summed E-state index contributed by atoms with van der Waals surface area (Å²) in [5, 5.41) is 23.2. The van der Waals surface area contributed by atoms with Crippen LogP contribution in [-0.2, 0) is 0 Å². The predicted octanol–water partition coefficient (Wildman–Crippen LogP) is 4.27. The summed E-state index contributed by atoms with van der Waals surface area (Å²) in [7, 11) is 0. The Kier molecular flexibility index (Phi) is 4.28. The molecule has 21 heavy (non-hydrogen) atoms. The van der Waals surface area contributed by atoms with Gasteiger partial charge in [-0.3, -0.25) is 10.1 Å². The fourth-order valence-corrected chi connectivity index (χ4v) is 2.09. The van der Waals surface area contributed by atoms with E-state index < -0.39 is 16.8 Å². The van der Waals surface area contributed by atoms with E-state index in [1.54, 1.807) is 6.92 Å². The number of benzene rings is 2. The first-order valence-electron chi connectivity index (χ1n) is 6.07. The number of phenols is 1. The van der Waals surface area contributed by atoms with Gasteiger partial charge < -0.3 is 10.4 Å². The summed E-state index contributed by atoms with van der Waals surface area (Å²) in [6.45, 7) is 1.69. The third-order valence-electron chi connectivity index (χ3n) is 2.98. The second-order valence-electron chi connectivity index (χ2n) is 4.49. The van der Waals surface area contributed by atoms with Gasteiger partial charge >= 0.3 is 0 Å². The highest BCUT2D eigenvalue weighted by molar-refractivity contribution is 6.33. The zero-order valence-corrected chi connectivity index (χ0v) is 11.8. The van der Waals surface area contributed by atoms with Gasteiger partial charge in [0.2, 0.25) is 0 Å². The maximum absolute atomic E-state index is 13.8. The van der Waals surface area contributed by atoms with Crippen molar-refractivity contribution in [2.24, 2.45) is 0 Å². The number of rotatable bonds is 4. The Bertz CT molecular complexity index is 694. The summed E-state index contributed by atoms with van der Waals surface area (Å²) in [5.74, 6) is -0.742. The van der Waals surface area contributed by atoms with Gasteiger partial charge in [0.1, 0.15) is 11.6 Å². The molecule has 0 heterocycles. The third kappa shape index (κ3) is 3.41. The lowest BCUT2D eigenvalue weighted by Crippen LogP contribution is -2.09. The van der Waals surface area contributed by atoms with Crippen LogP contribution >= 0.6 is 11.6 Å². The molecule has 2 aromatic rings. The van der Waals surface area contributed by atoms with Gasteiger partial charge in [0.15, 0.2) is 0 Å². The van der Waals surface area contributed by atoms with Gasteiger partial charge in [0.05, 0.1) is 21.7 Å². The molecule has 0 fully saturated rings. The van der Waals surface area contributed by atoms with Gasteiger partial charge in [-0.15, -0.1) is 0 Å². The van der Waals surface area contributed by atoms with Crippen LogP contribution in [0.2, 0.25) is 5.02 Å². The molecule has 0 amide bonds. The van der Waals surface area contributed by atoms with Gasteiger partial charge in [-0.05, 0) is 19.1 Å². The highest BCUT2D eigenvalue weighted by Gasteiger charge is 2.15. The number of aromatic hydroxyl groups is 1. The SMILES string of the molecule is CC(Nc1cc([N+](=O)[O-])ccc1Cl)c1ccc(O)cc1F. The smallest absolute Gasteiger partial charge is 0.271 e. The highest BCUT2D eigenvalue weighted by Crippen LogP contribution is 2.31. The minimum Gasteiger partial charge on any atom is -0.508 e. The normalized spacial score (nSPS) is 12.0. The minimum absolute atomic E-state index is 0.111. The monoisotopic (exact) mass is 310 g/mol. The van der Waals surface area contributed by atoms with Crippen molar-refractivity contribution in [3.8, 4) is 5.75 Å². The molecule has 1 unspecified atom stereocenters. The number of nitro benzene ring substituents is 1. The molecule has 7 heteroatoms. The number of hydrogen-bond donors (Lipinski definition) is 2. The predicted molar refractivity (Wildman–Crippen MR) is 78.2 cm³/mol. The van der Waals surface area contributed by atoms with E-state index in [1.807, 2.05) is 0 Å². The molecule has 0 radical (unpaired) electrons. The minimum atomic E-state index is -0.573. The molecule has 0 aliphatic carbocycles. The molecular weight excluding hydrogens is 299 g/mol. The molecule has 0 aromatic heterocycles. The van der Waals surface area contributed by atoms with Crippen molar-refractivity contribution in [1.82, 2.24) is 0 Å². The number of nitro groups is 1. The van der Waals surface area contributed by atoms with Crippen molar-refractivity contribution in [3.05, 3.63) is 62.9 Å². The first kappa shape index (κ1) is 15.1.